The van der Waals surface area contributed by atoms with Crippen LogP contribution in [0.3, 0.4) is 0 Å². The minimum absolute atomic E-state index is 0.274. The highest BCUT2D eigenvalue weighted by molar-refractivity contribution is 7.87. The molecule has 0 aromatic rings. The van der Waals surface area contributed by atoms with Gasteiger partial charge in [0, 0.05) is 32.7 Å². The number of nitrogens with one attached hydrogen (secondary N) is 2. The van der Waals surface area contributed by atoms with Crippen molar-refractivity contribution in [1.82, 2.24) is 14.3 Å². The quantitative estimate of drug-likeness (QED) is 0.812. The van der Waals surface area contributed by atoms with Gasteiger partial charge >= 0.3 is 0 Å². The molecule has 5 aliphatic rings. The molecule has 0 amide bonds. The largest absolute Gasteiger partial charge is 0.314 e. The molecule has 5 nitrogen and oxygen atoms in total. The summed E-state index contributed by atoms with van der Waals surface area (Å²) >= 11 is 0. The molecule has 0 atom stereocenters. The lowest BCUT2D eigenvalue weighted by Crippen LogP contribution is -2.55. The lowest BCUT2D eigenvalue weighted by Gasteiger charge is -2.57. The molecule has 4 bridgehead atoms. The van der Waals surface area contributed by atoms with Crippen LogP contribution in [0.15, 0.2) is 0 Å². The van der Waals surface area contributed by atoms with Gasteiger partial charge in [-0.05, 0) is 61.7 Å². The molecule has 1 saturated heterocycles. The lowest BCUT2D eigenvalue weighted by atomic mass is 9.50. The van der Waals surface area contributed by atoms with E-state index in [1.165, 1.54) is 38.5 Å². The molecule has 0 aromatic carbocycles. The first-order valence-electron chi connectivity index (χ1n) is 8.50. The van der Waals surface area contributed by atoms with E-state index in [4.69, 9.17) is 0 Å². The van der Waals surface area contributed by atoms with Crippen LogP contribution in [0.1, 0.15) is 38.5 Å². The van der Waals surface area contributed by atoms with Gasteiger partial charge in [-0.3, -0.25) is 0 Å². The second kappa shape index (κ2) is 5.18. The van der Waals surface area contributed by atoms with E-state index in [0.717, 1.165) is 30.8 Å². The average molecular weight is 313 g/mol. The zero-order valence-corrected chi connectivity index (χ0v) is 13.5. The van der Waals surface area contributed by atoms with E-state index in [1.54, 1.807) is 4.31 Å². The summed E-state index contributed by atoms with van der Waals surface area (Å²) in [7, 11) is -3.28. The van der Waals surface area contributed by atoms with Crippen molar-refractivity contribution in [2.24, 2.45) is 23.2 Å². The number of hydrogen-bond acceptors (Lipinski definition) is 3. The Morgan fingerprint density at radius 3 is 2.05 bits per heavy atom. The molecule has 6 heteroatoms. The summed E-state index contributed by atoms with van der Waals surface area (Å²) in [6, 6.07) is 0. The molecular formula is C15H27N3O2S. The van der Waals surface area contributed by atoms with E-state index in [0.29, 0.717) is 19.6 Å². The van der Waals surface area contributed by atoms with E-state index in [1.807, 2.05) is 0 Å². The van der Waals surface area contributed by atoms with E-state index >= 15 is 0 Å². The Kier molecular flexibility index (Phi) is 3.56. The lowest BCUT2D eigenvalue weighted by molar-refractivity contribution is -0.0488. The SMILES string of the molecule is O=S(=O)(NCC12CC3CC(CC(C3)C1)C2)N1CCNCC1. The summed E-state index contributed by atoms with van der Waals surface area (Å²) in [6.07, 6.45) is 7.98. The van der Waals surface area contributed by atoms with Gasteiger partial charge in [-0.15, -0.1) is 0 Å². The van der Waals surface area contributed by atoms with Gasteiger partial charge in [0.25, 0.3) is 10.2 Å². The molecule has 21 heavy (non-hydrogen) atoms. The van der Waals surface area contributed by atoms with E-state index < -0.39 is 10.2 Å². The minimum Gasteiger partial charge on any atom is -0.314 e. The minimum atomic E-state index is -3.28. The van der Waals surface area contributed by atoms with Crippen molar-refractivity contribution in [3.63, 3.8) is 0 Å². The number of piperazine rings is 1. The summed E-state index contributed by atoms with van der Waals surface area (Å²) in [5, 5.41) is 3.20. The molecule has 4 aliphatic carbocycles. The first-order chi connectivity index (χ1) is 10.0. The molecule has 0 unspecified atom stereocenters. The highest BCUT2D eigenvalue weighted by Gasteiger charge is 2.51. The summed E-state index contributed by atoms with van der Waals surface area (Å²) in [6.45, 7) is 3.38. The van der Waals surface area contributed by atoms with Gasteiger partial charge in [0.1, 0.15) is 0 Å². The van der Waals surface area contributed by atoms with Crippen LogP contribution in [-0.4, -0.2) is 45.4 Å². The zero-order valence-electron chi connectivity index (χ0n) is 12.7. The Morgan fingerprint density at radius 2 is 1.52 bits per heavy atom. The van der Waals surface area contributed by atoms with Crippen LogP contribution in [0, 0.1) is 23.2 Å². The number of rotatable bonds is 4. The molecular weight excluding hydrogens is 286 g/mol. The molecule has 0 aromatic heterocycles. The maximum absolute atomic E-state index is 12.5. The molecule has 5 fully saturated rings. The van der Waals surface area contributed by atoms with Crippen LogP contribution in [0.4, 0.5) is 0 Å². The number of nitrogens with zero attached hydrogens (tertiary/aromatic N) is 1. The van der Waals surface area contributed by atoms with Crippen molar-refractivity contribution in [1.29, 1.82) is 0 Å². The maximum atomic E-state index is 12.5. The molecule has 2 N–H and O–H groups in total. The van der Waals surface area contributed by atoms with Gasteiger partial charge in [0.05, 0.1) is 0 Å². The summed E-state index contributed by atoms with van der Waals surface area (Å²) in [4.78, 5) is 0. The fraction of sp³-hybridized carbons (Fsp3) is 1.00. The van der Waals surface area contributed by atoms with Gasteiger partial charge in [-0.25, -0.2) is 4.72 Å². The zero-order chi connectivity index (χ0) is 14.5. The fourth-order valence-electron chi connectivity index (χ4n) is 5.73. The first-order valence-corrected chi connectivity index (χ1v) is 9.94. The second-order valence-electron chi connectivity index (χ2n) is 7.89. The Bertz CT molecular complexity index is 464. The Balaban J connectivity index is 1.42. The summed E-state index contributed by atoms with van der Waals surface area (Å²) in [5.74, 6) is 2.62. The van der Waals surface area contributed by atoms with Crippen LogP contribution >= 0.6 is 0 Å². The Hall–Kier alpha value is -0.170. The predicted octanol–water partition coefficient (Wildman–Crippen LogP) is 0.942. The second-order valence-corrected chi connectivity index (χ2v) is 9.65. The molecule has 0 radical (unpaired) electrons. The Morgan fingerprint density at radius 1 is 1.00 bits per heavy atom. The molecule has 4 saturated carbocycles. The highest BCUT2D eigenvalue weighted by atomic mass is 32.2. The number of hydrogen-bond donors (Lipinski definition) is 2. The maximum Gasteiger partial charge on any atom is 0.279 e. The smallest absolute Gasteiger partial charge is 0.279 e. The fourth-order valence-corrected chi connectivity index (χ4v) is 7.06. The third-order valence-electron chi connectivity index (χ3n) is 6.21. The molecule has 5 rings (SSSR count). The van der Waals surface area contributed by atoms with Gasteiger partial charge < -0.3 is 5.32 Å². The highest BCUT2D eigenvalue weighted by Crippen LogP contribution is 2.59. The predicted molar refractivity (Wildman–Crippen MR) is 82.0 cm³/mol. The van der Waals surface area contributed by atoms with E-state index in [-0.39, 0.29) is 5.41 Å². The van der Waals surface area contributed by atoms with E-state index in [9.17, 15) is 8.42 Å². The topological polar surface area (TPSA) is 61.4 Å². The van der Waals surface area contributed by atoms with Crippen LogP contribution in [-0.2, 0) is 10.2 Å². The first kappa shape index (κ1) is 14.4. The summed E-state index contributed by atoms with van der Waals surface area (Å²) < 4.78 is 29.5. The summed E-state index contributed by atoms with van der Waals surface area (Å²) in [5.41, 5.74) is 0.274. The van der Waals surface area contributed by atoms with Crippen LogP contribution in [0.5, 0.6) is 0 Å². The van der Waals surface area contributed by atoms with Crippen LogP contribution < -0.4 is 10.0 Å². The molecule has 1 heterocycles. The third kappa shape index (κ3) is 2.76. The van der Waals surface area contributed by atoms with Crippen molar-refractivity contribution < 1.29 is 8.42 Å². The average Bonchev–Trinajstić information content (AvgIpc) is 2.45. The molecule has 0 spiro atoms. The van der Waals surface area contributed by atoms with E-state index in [2.05, 4.69) is 10.0 Å². The van der Waals surface area contributed by atoms with Crippen molar-refractivity contribution in [3.05, 3.63) is 0 Å². The van der Waals surface area contributed by atoms with Gasteiger partial charge in [0.15, 0.2) is 0 Å². The Labute approximate surface area is 128 Å². The monoisotopic (exact) mass is 313 g/mol. The van der Waals surface area contributed by atoms with Crippen molar-refractivity contribution in [2.45, 2.75) is 38.5 Å². The molecule has 120 valence electrons. The van der Waals surface area contributed by atoms with Gasteiger partial charge in [-0.2, -0.15) is 12.7 Å². The standard InChI is InChI=1S/C15H27N3O2S/c19-21(20,18-3-1-16-2-4-18)17-11-15-8-12-5-13(9-15)7-14(6-12)10-15/h12-14,16-17H,1-11H2. The van der Waals surface area contributed by atoms with Gasteiger partial charge in [-0.1, -0.05) is 0 Å². The van der Waals surface area contributed by atoms with Crippen LogP contribution in [0.2, 0.25) is 0 Å². The molecule has 1 aliphatic heterocycles. The van der Waals surface area contributed by atoms with Gasteiger partial charge in [0.2, 0.25) is 0 Å². The van der Waals surface area contributed by atoms with Crippen molar-refractivity contribution in [3.8, 4) is 0 Å². The van der Waals surface area contributed by atoms with Crippen LogP contribution in [0.25, 0.3) is 0 Å². The normalized spacial score (nSPS) is 43.3. The van der Waals surface area contributed by atoms with Crippen molar-refractivity contribution >= 4 is 10.2 Å². The third-order valence-corrected chi connectivity index (χ3v) is 7.76. The van der Waals surface area contributed by atoms with Crippen molar-refractivity contribution in [2.75, 3.05) is 32.7 Å².